The van der Waals surface area contributed by atoms with Gasteiger partial charge in [0.2, 0.25) is 0 Å². The molecule has 0 unspecified atom stereocenters. The summed E-state index contributed by atoms with van der Waals surface area (Å²) in [6.07, 6.45) is 27.0. The van der Waals surface area contributed by atoms with E-state index >= 15 is 0 Å². The van der Waals surface area contributed by atoms with E-state index in [2.05, 4.69) is 114 Å². The van der Waals surface area contributed by atoms with Crippen LogP contribution in [0.2, 0.25) is 0 Å². The van der Waals surface area contributed by atoms with Crippen molar-refractivity contribution >= 4 is 0 Å². The molecule has 0 saturated carbocycles. The zero-order chi connectivity index (χ0) is 20.3. The highest BCUT2D eigenvalue weighted by atomic mass is 15.2. The van der Waals surface area contributed by atoms with Crippen molar-refractivity contribution in [3.05, 3.63) is 96.1 Å². The Balaban J connectivity index is 3.45. The molecule has 0 heterocycles. The van der Waals surface area contributed by atoms with Gasteiger partial charge in [-0.25, -0.2) is 0 Å². The van der Waals surface area contributed by atoms with E-state index in [1.807, 2.05) is 6.08 Å². The highest BCUT2D eigenvalue weighted by Gasteiger charge is 2.18. The number of hydrogen-bond acceptors (Lipinski definition) is 1. The van der Waals surface area contributed by atoms with E-state index in [1.54, 1.807) is 0 Å². The summed E-state index contributed by atoms with van der Waals surface area (Å²) in [5.41, 5.74) is 5.09. The predicted molar refractivity (Wildman–Crippen MR) is 122 cm³/mol. The van der Waals surface area contributed by atoms with Crippen molar-refractivity contribution in [3.63, 3.8) is 0 Å². The molecule has 0 spiro atoms. The number of allylic oxidation sites excluding steroid dienone is 12. The van der Waals surface area contributed by atoms with Gasteiger partial charge in [-0.1, -0.05) is 76.0 Å². The van der Waals surface area contributed by atoms with E-state index in [-0.39, 0.29) is 5.41 Å². The van der Waals surface area contributed by atoms with Crippen LogP contribution in [-0.2, 0) is 0 Å². The highest BCUT2D eigenvalue weighted by molar-refractivity contribution is 5.39. The van der Waals surface area contributed by atoms with Crippen molar-refractivity contribution in [3.8, 4) is 0 Å². The first-order valence-corrected chi connectivity index (χ1v) is 9.98. The molecule has 0 bridgehead atoms. The van der Waals surface area contributed by atoms with Gasteiger partial charge in [0.25, 0.3) is 0 Å². The van der Waals surface area contributed by atoms with Crippen molar-refractivity contribution in [1.29, 1.82) is 0 Å². The van der Waals surface area contributed by atoms with Crippen molar-refractivity contribution in [2.24, 2.45) is 5.41 Å². The maximum absolute atomic E-state index is 3.97. The summed E-state index contributed by atoms with van der Waals surface area (Å²) >= 11 is 0. The summed E-state index contributed by atoms with van der Waals surface area (Å²) in [4.78, 5) is 2.36. The monoisotopic (exact) mass is 363 g/mol. The Hall–Kier alpha value is -2.28. The van der Waals surface area contributed by atoms with Crippen LogP contribution in [0.25, 0.3) is 0 Å². The van der Waals surface area contributed by atoms with E-state index in [0.29, 0.717) is 0 Å². The Labute approximate surface area is 167 Å². The summed E-state index contributed by atoms with van der Waals surface area (Å²) in [6.45, 7) is 16.9. The second-order valence-corrected chi connectivity index (χ2v) is 7.81. The standard InChI is InChI=1S/C26H37N/c1-8-15-22(21-26(5,6)7)20-25(17-10-3)27(23(11-4)16-9-2)24-18-13-12-14-19-24/h8-11,13,15-19,21H,3,12,14,20H2,1-2,4-7H3/b15-8-,16-9-,22-21+,23-11+,25-17+. The molecule has 1 aliphatic rings. The average Bonchev–Trinajstić information content (AvgIpc) is 2.61. The molecule has 0 saturated heterocycles. The fraction of sp³-hybridized carbons (Fsp3) is 0.385. The van der Waals surface area contributed by atoms with Crippen LogP contribution in [0, 0.1) is 5.41 Å². The van der Waals surface area contributed by atoms with Gasteiger partial charge in [0.05, 0.1) is 0 Å². The molecule has 1 heteroatoms. The van der Waals surface area contributed by atoms with Gasteiger partial charge in [0.15, 0.2) is 0 Å². The van der Waals surface area contributed by atoms with E-state index in [9.17, 15) is 0 Å². The molecule has 0 aromatic heterocycles. The molecular weight excluding hydrogens is 326 g/mol. The predicted octanol–water partition coefficient (Wildman–Crippen LogP) is 8.01. The van der Waals surface area contributed by atoms with Crippen LogP contribution in [0.5, 0.6) is 0 Å². The second-order valence-electron chi connectivity index (χ2n) is 7.81. The zero-order valence-corrected chi connectivity index (χ0v) is 18.1. The van der Waals surface area contributed by atoms with Gasteiger partial charge < -0.3 is 4.90 Å². The maximum Gasteiger partial charge on any atom is 0.0415 e. The molecule has 0 fully saturated rings. The lowest BCUT2D eigenvalue weighted by atomic mass is 9.91. The van der Waals surface area contributed by atoms with Crippen molar-refractivity contribution in [1.82, 2.24) is 4.90 Å². The molecule has 0 aromatic rings. The third-order valence-electron chi connectivity index (χ3n) is 4.11. The number of nitrogens with zero attached hydrogens (tertiary/aromatic N) is 1. The maximum atomic E-state index is 3.97. The molecular formula is C26H37N. The van der Waals surface area contributed by atoms with Gasteiger partial charge in [0, 0.05) is 23.5 Å². The molecule has 1 aliphatic carbocycles. The van der Waals surface area contributed by atoms with Crippen molar-refractivity contribution in [2.45, 2.75) is 60.8 Å². The van der Waals surface area contributed by atoms with Crippen LogP contribution in [0.1, 0.15) is 60.8 Å². The van der Waals surface area contributed by atoms with Gasteiger partial charge in [-0.05, 0) is 62.8 Å². The van der Waals surface area contributed by atoms with Gasteiger partial charge in [0.1, 0.15) is 0 Å². The number of rotatable bonds is 8. The summed E-state index contributed by atoms with van der Waals surface area (Å²) in [7, 11) is 0. The van der Waals surface area contributed by atoms with Crippen LogP contribution >= 0.6 is 0 Å². The Morgan fingerprint density at radius 3 is 2.30 bits per heavy atom. The summed E-state index contributed by atoms with van der Waals surface area (Å²) < 4.78 is 0. The largest absolute Gasteiger partial charge is 0.315 e. The smallest absolute Gasteiger partial charge is 0.0415 e. The number of hydrogen-bond donors (Lipinski definition) is 0. The van der Waals surface area contributed by atoms with Gasteiger partial charge in [-0.2, -0.15) is 0 Å². The van der Waals surface area contributed by atoms with E-state index < -0.39 is 0 Å². The zero-order valence-electron chi connectivity index (χ0n) is 18.1. The average molecular weight is 364 g/mol. The molecule has 0 radical (unpaired) electrons. The summed E-state index contributed by atoms with van der Waals surface area (Å²) in [6, 6.07) is 0. The van der Waals surface area contributed by atoms with Crippen molar-refractivity contribution < 1.29 is 0 Å². The molecule has 0 amide bonds. The van der Waals surface area contributed by atoms with E-state index in [1.165, 1.54) is 22.7 Å². The van der Waals surface area contributed by atoms with Crippen LogP contribution in [0.15, 0.2) is 96.1 Å². The third-order valence-corrected chi connectivity index (χ3v) is 4.11. The molecule has 1 rings (SSSR count). The Morgan fingerprint density at radius 1 is 1.11 bits per heavy atom. The minimum absolute atomic E-state index is 0.135. The molecule has 1 nitrogen and oxygen atoms in total. The van der Waals surface area contributed by atoms with Gasteiger partial charge in [-0.3, -0.25) is 0 Å². The van der Waals surface area contributed by atoms with E-state index in [4.69, 9.17) is 0 Å². The molecule has 27 heavy (non-hydrogen) atoms. The lowest BCUT2D eigenvalue weighted by Crippen LogP contribution is -2.21. The summed E-state index contributed by atoms with van der Waals surface area (Å²) in [5.74, 6) is 0. The molecule has 146 valence electrons. The first kappa shape index (κ1) is 22.8. The molecule has 0 atom stereocenters. The van der Waals surface area contributed by atoms with Crippen LogP contribution < -0.4 is 0 Å². The quantitative estimate of drug-likeness (QED) is 0.395. The normalized spacial score (nSPS) is 17.0. The highest BCUT2D eigenvalue weighted by Crippen LogP contribution is 2.31. The molecule has 0 N–H and O–H groups in total. The van der Waals surface area contributed by atoms with Crippen LogP contribution in [0.3, 0.4) is 0 Å². The van der Waals surface area contributed by atoms with Gasteiger partial charge in [-0.15, -0.1) is 0 Å². The van der Waals surface area contributed by atoms with E-state index in [0.717, 1.165) is 19.3 Å². The first-order chi connectivity index (χ1) is 12.9. The fourth-order valence-corrected chi connectivity index (χ4v) is 3.20. The van der Waals surface area contributed by atoms with Crippen molar-refractivity contribution in [2.75, 3.05) is 0 Å². The topological polar surface area (TPSA) is 3.24 Å². The lowest BCUT2D eigenvalue weighted by molar-refractivity contribution is 0.524. The fourth-order valence-electron chi connectivity index (χ4n) is 3.20. The Kier molecular flexibility index (Phi) is 9.64. The molecule has 0 aliphatic heterocycles. The van der Waals surface area contributed by atoms with Gasteiger partial charge >= 0.3 is 0 Å². The summed E-state index contributed by atoms with van der Waals surface area (Å²) in [5, 5.41) is 0. The lowest BCUT2D eigenvalue weighted by Gasteiger charge is -2.31. The first-order valence-electron chi connectivity index (χ1n) is 9.98. The van der Waals surface area contributed by atoms with Crippen LogP contribution in [0.4, 0.5) is 0 Å². The van der Waals surface area contributed by atoms with Crippen LogP contribution in [-0.4, -0.2) is 4.90 Å². The minimum Gasteiger partial charge on any atom is -0.315 e. The minimum atomic E-state index is 0.135. The third kappa shape index (κ3) is 7.86. The Bertz CT molecular complexity index is 693. The second kappa shape index (κ2) is 11.4. The molecule has 0 aromatic carbocycles. The SMILES string of the molecule is C=C/C=C(\CC(/C=C\C)=C/C(C)(C)C)N(C1=CCCC=C1)C(/C=C\C)=C/C. The Morgan fingerprint density at radius 2 is 1.81 bits per heavy atom.